The van der Waals surface area contributed by atoms with Gasteiger partial charge in [0, 0.05) is 17.6 Å². The van der Waals surface area contributed by atoms with Crippen LogP contribution >= 0.6 is 11.6 Å². The van der Waals surface area contributed by atoms with Crippen molar-refractivity contribution in [3.8, 4) is 5.75 Å². The van der Waals surface area contributed by atoms with E-state index in [0.29, 0.717) is 16.3 Å². The van der Waals surface area contributed by atoms with E-state index in [0.717, 1.165) is 5.32 Å². The maximum absolute atomic E-state index is 14.9. The minimum Gasteiger partial charge on any atom is -0.497 e. The zero-order valence-electron chi connectivity index (χ0n) is 26.2. The Morgan fingerprint density at radius 2 is 1.60 bits per heavy atom. The second-order valence-electron chi connectivity index (χ2n) is 11.4. The van der Waals surface area contributed by atoms with Crippen LogP contribution in [-0.4, -0.2) is 72.2 Å². The van der Waals surface area contributed by atoms with Gasteiger partial charge in [-0.3, -0.25) is 29.0 Å². The maximum atomic E-state index is 14.9. The normalized spacial score (nSPS) is 14.8. The molecule has 4 rings (SSSR count). The number of carbonyl (C=O) groups excluding carboxylic acids is 5. The molecule has 3 atom stereocenters. The topological polar surface area (TPSA) is 156 Å². The van der Waals surface area contributed by atoms with Crippen molar-refractivity contribution in [3.05, 3.63) is 94.8 Å². The first-order valence-electron chi connectivity index (χ1n) is 15.1. The lowest BCUT2D eigenvalue weighted by atomic mass is 9.99. The van der Waals surface area contributed by atoms with Gasteiger partial charge >= 0.3 is 12.1 Å². The van der Waals surface area contributed by atoms with Gasteiger partial charge in [-0.2, -0.15) is 22.0 Å². The Bertz CT molecular complexity index is 1710. The molecule has 50 heavy (non-hydrogen) atoms. The van der Waals surface area contributed by atoms with Crippen LogP contribution in [0.25, 0.3) is 0 Å². The fraction of sp³-hybridized carbons (Fsp3) is 0.333. The summed E-state index contributed by atoms with van der Waals surface area (Å²) in [6, 6.07) is 11.6. The third-order valence-corrected chi connectivity index (χ3v) is 7.80. The SMILES string of the molecule is COc1ccc(C(NC(=O)C(Cc2cccc(Cl)c2)NC(=O)c2ccccn2)C(=O)N[C@H](C(=O)C(F)(F)C(=O)NCC(F)(F)F)C2CC2)cc1. The fourth-order valence-electron chi connectivity index (χ4n) is 4.84. The standard InChI is InChI=1S/C33H31ClF5N5O6/c1-50-22-12-10-20(11-13-22)26(30(48)43-25(19-8-9-19)27(45)33(38,39)31(49)41-17-32(35,36)37)44-29(47)24(16-18-5-4-6-21(34)15-18)42-28(46)23-7-2-3-14-40-23/h2-7,10-15,19,24-26H,8-9,16-17H2,1H3,(H,41,49)(H,42,46)(H,43,48)(H,44,47)/t24?,25-,26?/m0/s1. The second kappa shape index (κ2) is 16.1. The number of amides is 4. The van der Waals surface area contributed by atoms with Crippen molar-refractivity contribution in [2.24, 2.45) is 5.92 Å². The molecule has 4 amide bonds. The summed E-state index contributed by atoms with van der Waals surface area (Å²) >= 11 is 6.12. The van der Waals surface area contributed by atoms with Crippen LogP contribution in [0.2, 0.25) is 5.02 Å². The zero-order valence-corrected chi connectivity index (χ0v) is 27.0. The maximum Gasteiger partial charge on any atom is 0.405 e. The van der Waals surface area contributed by atoms with E-state index < -0.39 is 72.1 Å². The molecular formula is C33H31ClF5N5O6. The molecule has 1 heterocycles. The van der Waals surface area contributed by atoms with E-state index >= 15 is 0 Å². The molecule has 17 heteroatoms. The molecule has 1 aromatic heterocycles. The molecule has 0 radical (unpaired) electrons. The molecule has 0 aliphatic heterocycles. The van der Waals surface area contributed by atoms with Crippen molar-refractivity contribution in [2.45, 2.75) is 49.5 Å². The average Bonchev–Trinajstić information content (AvgIpc) is 3.93. The molecule has 2 unspecified atom stereocenters. The first-order valence-corrected chi connectivity index (χ1v) is 15.4. The predicted molar refractivity (Wildman–Crippen MR) is 168 cm³/mol. The van der Waals surface area contributed by atoms with Gasteiger partial charge in [0.15, 0.2) is 0 Å². The average molecular weight is 724 g/mol. The highest BCUT2D eigenvalue weighted by Crippen LogP contribution is 2.36. The highest BCUT2D eigenvalue weighted by molar-refractivity contribution is 6.30. The Balaban J connectivity index is 1.62. The number of benzene rings is 2. The summed E-state index contributed by atoms with van der Waals surface area (Å²) in [7, 11) is 1.38. The lowest BCUT2D eigenvalue weighted by Gasteiger charge is -2.27. The van der Waals surface area contributed by atoms with Crippen LogP contribution in [0.5, 0.6) is 5.75 Å². The molecule has 3 aromatic rings. The summed E-state index contributed by atoms with van der Waals surface area (Å²) in [4.78, 5) is 69.6. The van der Waals surface area contributed by atoms with E-state index in [1.807, 2.05) is 0 Å². The van der Waals surface area contributed by atoms with Gasteiger partial charge in [0.05, 0.1) is 13.2 Å². The van der Waals surface area contributed by atoms with Crippen molar-refractivity contribution >= 4 is 41.0 Å². The van der Waals surface area contributed by atoms with Crippen molar-refractivity contribution in [1.29, 1.82) is 0 Å². The summed E-state index contributed by atoms with van der Waals surface area (Å²) in [6.07, 6.45) is -3.39. The van der Waals surface area contributed by atoms with Crippen LogP contribution in [-0.2, 0) is 25.6 Å². The Hall–Kier alpha value is -5.12. The first-order chi connectivity index (χ1) is 23.6. The molecule has 1 fully saturated rings. The minimum atomic E-state index is -5.02. The van der Waals surface area contributed by atoms with E-state index in [2.05, 4.69) is 20.9 Å². The van der Waals surface area contributed by atoms with Crippen molar-refractivity contribution in [1.82, 2.24) is 26.3 Å². The smallest absolute Gasteiger partial charge is 0.405 e. The summed E-state index contributed by atoms with van der Waals surface area (Å²) in [5, 5.41) is 8.59. The van der Waals surface area contributed by atoms with Crippen molar-refractivity contribution < 1.29 is 50.7 Å². The Morgan fingerprint density at radius 1 is 0.900 bits per heavy atom. The molecule has 1 aliphatic rings. The second-order valence-corrected chi connectivity index (χ2v) is 11.8. The van der Waals surface area contributed by atoms with E-state index in [1.165, 1.54) is 43.6 Å². The third kappa shape index (κ3) is 10.2. The fourth-order valence-corrected chi connectivity index (χ4v) is 5.05. The van der Waals surface area contributed by atoms with Gasteiger partial charge in [-0.15, -0.1) is 0 Å². The lowest BCUT2D eigenvalue weighted by molar-refractivity contribution is -0.165. The van der Waals surface area contributed by atoms with Crippen molar-refractivity contribution in [2.75, 3.05) is 13.7 Å². The highest BCUT2D eigenvalue weighted by atomic mass is 35.5. The first kappa shape index (κ1) is 37.7. The van der Waals surface area contributed by atoms with Gasteiger partial charge in [0.2, 0.25) is 17.6 Å². The molecule has 0 spiro atoms. The molecular weight excluding hydrogens is 693 g/mol. The number of ketones is 1. The molecule has 266 valence electrons. The minimum absolute atomic E-state index is 0.0215. The van der Waals surface area contributed by atoms with Gasteiger partial charge in [-0.05, 0) is 66.3 Å². The Morgan fingerprint density at radius 3 is 2.18 bits per heavy atom. The van der Waals surface area contributed by atoms with Crippen molar-refractivity contribution in [3.63, 3.8) is 0 Å². The quantitative estimate of drug-likeness (QED) is 0.138. The monoisotopic (exact) mass is 723 g/mol. The third-order valence-electron chi connectivity index (χ3n) is 7.56. The van der Waals surface area contributed by atoms with Gasteiger partial charge in [-0.1, -0.05) is 41.9 Å². The van der Waals surface area contributed by atoms with Crippen LogP contribution in [0, 0.1) is 5.92 Å². The number of hydrogen-bond acceptors (Lipinski definition) is 7. The number of aromatic nitrogens is 1. The highest BCUT2D eigenvalue weighted by Gasteiger charge is 2.54. The number of Topliss-reactive ketones (excluding diaryl/α,β-unsaturated/α-hetero) is 1. The van der Waals surface area contributed by atoms with Crippen LogP contribution in [0.15, 0.2) is 72.9 Å². The van der Waals surface area contributed by atoms with Crippen LogP contribution in [0.1, 0.15) is 40.5 Å². The molecule has 11 nitrogen and oxygen atoms in total. The number of carbonyl (C=O) groups is 5. The number of hydrogen-bond donors (Lipinski definition) is 4. The summed E-state index contributed by atoms with van der Waals surface area (Å²) in [5.41, 5.74) is 0.604. The van der Waals surface area contributed by atoms with E-state index in [1.54, 1.807) is 36.4 Å². The summed E-state index contributed by atoms with van der Waals surface area (Å²) < 4.78 is 72.5. The lowest BCUT2D eigenvalue weighted by Crippen LogP contribution is -2.58. The van der Waals surface area contributed by atoms with E-state index in [-0.39, 0.29) is 30.5 Å². The molecule has 1 saturated carbocycles. The van der Waals surface area contributed by atoms with Gasteiger partial charge < -0.3 is 26.0 Å². The summed E-state index contributed by atoms with van der Waals surface area (Å²) in [6.45, 7) is -2.10. The molecule has 1 aliphatic carbocycles. The van der Waals surface area contributed by atoms with Crippen LogP contribution < -0.4 is 26.0 Å². The number of nitrogens with zero attached hydrogens (tertiary/aromatic N) is 1. The number of methoxy groups -OCH3 is 1. The number of rotatable bonds is 15. The van der Waals surface area contributed by atoms with E-state index in [4.69, 9.17) is 16.3 Å². The molecule has 2 aromatic carbocycles. The zero-order chi connectivity index (χ0) is 36.6. The van der Waals surface area contributed by atoms with Gasteiger partial charge in [0.25, 0.3) is 11.8 Å². The molecule has 0 saturated heterocycles. The number of ether oxygens (including phenoxy) is 1. The number of alkyl halides is 5. The largest absolute Gasteiger partial charge is 0.497 e. The van der Waals surface area contributed by atoms with E-state index in [9.17, 15) is 45.9 Å². The van der Waals surface area contributed by atoms with Crippen LogP contribution in [0.4, 0.5) is 22.0 Å². The number of halogens is 6. The van der Waals surface area contributed by atoms with Gasteiger partial charge in [-0.25, -0.2) is 0 Å². The Labute approximate surface area is 287 Å². The number of nitrogens with one attached hydrogen (secondary N) is 4. The van der Waals surface area contributed by atoms with Gasteiger partial charge in [0.1, 0.15) is 30.1 Å². The predicted octanol–water partition coefficient (Wildman–Crippen LogP) is 3.72. The molecule has 0 bridgehead atoms. The van der Waals surface area contributed by atoms with Crippen LogP contribution in [0.3, 0.4) is 0 Å². The number of pyridine rings is 1. The Kier molecular flexibility index (Phi) is 12.1. The summed E-state index contributed by atoms with van der Waals surface area (Å²) in [5.74, 6) is -12.8. The molecule has 4 N–H and O–H groups in total.